The molecule has 1 nitrogen and oxygen atoms in total. The van der Waals surface area contributed by atoms with Crippen molar-refractivity contribution < 1.29 is 4.74 Å². The largest absolute Gasteiger partial charge is 0.380 e. The summed E-state index contributed by atoms with van der Waals surface area (Å²) in [5, 5.41) is 0. The first-order valence-electron chi connectivity index (χ1n) is 4.57. The zero-order chi connectivity index (χ0) is 7.57. The Morgan fingerprint density at radius 2 is 1.64 bits per heavy atom. The van der Waals surface area contributed by atoms with Gasteiger partial charge in [-0.25, -0.2) is 0 Å². The van der Waals surface area contributed by atoms with E-state index in [-0.39, 0.29) is 0 Å². The molecule has 2 heterocycles. The molecule has 0 amide bonds. The highest BCUT2D eigenvalue weighted by atomic mass is 32.2. The standard InChI is InChI=1S/C9H16OS/c1-3-9(7-10-8-9)4-2-6-11-5-1/h1-8H2. The van der Waals surface area contributed by atoms with Crippen LogP contribution in [0.15, 0.2) is 0 Å². The van der Waals surface area contributed by atoms with Crippen LogP contribution < -0.4 is 0 Å². The molecule has 2 aliphatic rings. The molecule has 2 fully saturated rings. The summed E-state index contributed by atoms with van der Waals surface area (Å²) in [5.41, 5.74) is 0.640. The zero-order valence-corrected chi connectivity index (χ0v) is 7.79. The van der Waals surface area contributed by atoms with E-state index in [1.54, 1.807) is 0 Å². The first kappa shape index (κ1) is 7.93. The van der Waals surface area contributed by atoms with Crippen molar-refractivity contribution in [3.05, 3.63) is 0 Å². The fourth-order valence-corrected chi connectivity index (χ4v) is 2.91. The van der Waals surface area contributed by atoms with E-state index in [0.29, 0.717) is 5.41 Å². The predicted molar refractivity (Wildman–Crippen MR) is 49.0 cm³/mol. The molecule has 0 aromatic carbocycles. The molecule has 0 aliphatic carbocycles. The molecule has 0 saturated carbocycles. The summed E-state index contributed by atoms with van der Waals surface area (Å²) >= 11 is 2.12. The fourth-order valence-electron chi connectivity index (χ4n) is 2.00. The molecular formula is C9H16OS. The lowest BCUT2D eigenvalue weighted by atomic mass is 9.77. The minimum atomic E-state index is 0.640. The summed E-state index contributed by atoms with van der Waals surface area (Å²) in [6.07, 6.45) is 5.65. The Morgan fingerprint density at radius 3 is 2.09 bits per heavy atom. The van der Waals surface area contributed by atoms with Gasteiger partial charge in [0.15, 0.2) is 0 Å². The van der Waals surface area contributed by atoms with Crippen molar-refractivity contribution in [2.75, 3.05) is 24.7 Å². The van der Waals surface area contributed by atoms with Gasteiger partial charge >= 0.3 is 0 Å². The van der Waals surface area contributed by atoms with E-state index in [1.807, 2.05) is 0 Å². The molecule has 0 atom stereocenters. The second-order valence-corrected chi connectivity index (χ2v) is 5.04. The number of ether oxygens (including phenoxy) is 1. The second-order valence-electron chi connectivity index (χ2n) is 3.81. The van der Waals surface area contributed by atoms with Crippen LogP contribution >= 0.6 is 11.8 Å². The Balaban J connectivity index is 1.86. The molecular weight excluding hydrogens is 156 g/mol. The molecule has 2 saturated heterocycles. The van der Waals surface area contributed by atoms with Crippen LogP contribution in [0.5, 0.6) is 0 Å². The summed E-state index contributed by atoms with van der Waals surface area (Å²) in [4.78, 5) is 0. The topological polar surface area (TPSA) is 9.23 Å². The number of thioether (sulfide) groups is 1. The van der Waals surface area contributed by atoms with E-state index in [4.69, 9.17) is 4.74 Å². The highest BCUT2D eigenvalue weighted by Crippen LogP contribution is 2.39. The molecule has 11 heavy (non-hydrogen) atoms. The van der Waals surface area contributed by atoms with E-state index in [9.17, 15) is 0 Å². The molecule has 0 bridgehead atoms. The van der Waals surface area contributed by atoms with E-state index in [2.05, 4.69) is 11.8 Å². The van der Waals surface area contributed by atoms with Crippen LogP contribution in [0, 0.1) is 5.41 Å². The Morgan fingerprint density at radius 1 is 1.00 bits per heavy atom. The summed E-state index contributed by atoms with van der Waals surface area (Å²) < 4.78 is 5.31. The Hall–Kier alpha value is 0.310. The number of hydrogen-bond acceptors (Lipinski definition) is 2. The smallest absolute Gasteiger partial charge is 0.0544 e. The normalized spacial score (nSPS) is 30.5. The Kier molecular flexibility index (Phi) is 2.42. The zero-order valence-electron chi connectivity index (χ0n) is 6.97. The molecule has 0 N–H and O–H groups in total. The van der Waals surface area contributed by atoms with Crippen LogP contribution in [-0.4, -0.2) is 24.7 Å². The van der Waals surface area contributed by atoms with Crippen LogP contribution in [-0.2, 0) is 4.74 Å². The molecule has 0 unspecified atom stereocenters. The molecule has 0 aromatic heterocycles. The highest BCUT2D eigenvalue weighted by molar-refractivity contribution is 7.99. The van der Waals surface area contributed by atoms with Crippen LogP contribution in [0.3, 0.4) is 0 Å². The van der Waals surface area contributed by atoms with Gasteiger partial charge in [-0.2, -0.15) is 11.8 Å². The SMILES string of the molecule is C1CSCCCC2(C1)COC2. The number of hydrogen-bond donors (Lipinski definition) is 0. The van der Waals surface area contributed by atoms with Gasteiger partial charge in [0.2, 0.25) is 0 Å². The molecule has 2 rings (SSSR count). The van der Waals surface area contributed by atoms with Crippen LogP contribution in [0.4, 0.5) is 0 Å². The predicted octanol–water partition coefficient (Wildman–Crippen LogP) is 2.31. The molecule has 0 radical (unpaired) electrons. The maximum atomic E-state index is 5.31. The van der Waals surface area contributed by atoms with Gasteiger partial charge in [0.25, 0.3) is 0 Å². The van der Waals surface area contributed by atoms with Crippen LogP contribution in [0.2, 0.25) is 0 Å². The summed E-state index contributed by atoms with van der Waals surface area (Å²) in [6, 6.07) is 0. The van der Waals surface area contributed by atoms with Crippen molar-refractivity contribution in [2.24, 2.45) is 5.41 Å². The van der Waals surface area contributed by atoms with Crippen molar-refractivity contribution in [1.82, 2.24) is 0 Å². The summed E-state index contributed by atoms with van der Waals surface area (Å²) in [5.74, 6) is 2.75. The van der Waals surface area contributed by atoms with Gasteiger partial charge < -0.3 is 4.74 Å². The van der Waals surface area contributed by atoms with E-state index in [0.717, 1.165) is 13.2 Å². The average molecular weight is 172 g/mol. The second kappa shape index (κ2) is 3.36. The molecule has 64 valence electrons. The van der Waals surface area contributed by atoms with Crippen molar-refractivity contribution >= 4 is 11.8 Å². The lowest BCUT2D eigenvalue weighted by Gasteiger charge is -2.42. The fraction of sp³-hybridized carbons (Fsp3) is 1.00. The molecule has 1 spiro atoms. The summed E-state index contributed by atoms with van der Waals surface area (Å²) in [7, 11) is 0. The minimum absolute atomic E-state index is 0.640. The third-order valence-corrected chi connectivity index (χ3v) is 3.96. The Bertz CT molecular complexity index is 122. The lowest BCUT2D eigenvalue weighted by molar-refractivity contribution is -0.122. The molecule has 0 aromatic rings. The third kappa shape index (κ3) is 1.73. The average Bonchev–Trinajstić information content (AvgIpc) is 1.82. The van der Waals surface area contributed by atoms with Crippen molar-refractivity contribution in [3.63, 3.8) is 0 Å². The minimum Gasteiger partial charge on any atom is -0.380 e. The van der Waals surface area contributed by atoms with Crippen LogP contribution in [0.1, 0.15) is 25.7 Å². The van der Waals surface area contributed by atoms with Gasteiger partial charge in [0.05, 0.1) is 13.2 Å². The monoisotopic (exact) mass is 172 g/mol. The van der Waals surface area contributed by atoms with E-state index in [1.165, 1.54) is 37.2 Å². The van der Waals surface area contributed by atoms with Gasteiger partial charge in [0, 0.05) is 5.41 Å². The van der Waals surface area contributed by atoms with Crippen molar-refractivity contribution in [2.45, 2.75) is 25.7 Å². The van der Waals surface area contributed by atoms with Gasteiger partial charge in [0.1, 0.15) is 0 Å². The summed E-state index contributed by atoms with van der Waals surface area (Å²) in [6.45, 7) is 2.11. The maximum absolute atomic E-state index is 5.31. The molecule has 2 aliphatic heterocycles. The Labute approximate surface area is 72.9 Å². The number of rotatable bonds is 0. The molecule has 2 heteroatoms. The first-order chi connectivity index (χ1) is 5.41. The van der Waals surface area contributed by atoms with Crippen molar-refractivity contribution in [1.29, 1.82) is 0 Å². The quantitative estimate of drug-likeness (QED) is 0.554. The lowest BCUT2D eigenvalue weighted by Crippen LogP contribution is -2.43. The van der Waals surface area contributed by atoms with E-state index < -0.39 is 0 Å². The van der Waals surface area contributed by atoms with Crippen LogP contribution in [0.25, 0.3) is 0 Å². The van der Waals surface area contributed by atoms with Crippen molar-refractivity contribution in [3.8, 4) is 0 Å². The van der Waals surface area contributed by atoms with E-state index >= 15 is 0 Å². The maximum Gasteiger partial charge on any atom is 0.0544 e. The first-order valence-corrected chi connectivity index (χ1v) is 5.72. The highest BCUT2D eigenvalue weighted by Gasteiger charge is 2.37. The van der Waals surface area contributed by atoms with Gasteiger partial charge in [-0.3, -0.25) is 0 Å². The van der Waals surface area contributed by atoms with Gasteiger partial charge in [-0.15, -0.1) is 0 Å². The third-order valence-electron chi connectivity index (χ3n) is 2.81. The van der Waals surface area contributed by atoms with Gasteiger partial charge in [-0.1, -0.05) is 0 Å². The van der Waals surface area contributed by atoms with Gasteiger partial charge in [-0.05, 0) is 37.2 Å².